The number of nitro groups is 1. The molecular formula is C7H6N6O3S. The van der Waals surface area contributed by atoms with E-state index in [-0.39, 0.29) is 18.3 Å². The van der Waals surface area contributed by atoms with Gasteiger partial charge in [0.25, 0.3) is 0 Å². The largest absolute Gasteiger partial charge is 0.389 e. The highest BCUT2D eigenvalue weighted by Crippen LogP contribution is 2.08. The van der Waals surface area contributed by atoms with Gasteiger partial charge in [0, 0.05) is 0 Å². The van der Waals surface area contributed by atoms with Crippen LogP contribution in [0.4, 0.5) is 10.9 Å². The van der Waals surface area contributed by atoms with Crippen molar-refractivity contribution < 1.29 is 9.72 Å². The molecule has 10 heteroatoms. The predicted molar refractivity (Wildman–Crippen MR) is 57.4 cm³/mol. The molecule has 0 atom stereocenters. The molecule has 88 valence electrons. The van der Waals surface area contributed by atoms with E-state index < -0.39 is 4.92 Å². The number of nitrogens with one attached hydrogen (secondary N) is 1. The van der Waals surface area contributed by atoms with Crippen molar-refractivity contribution in [3.8, 4) is 0 Å². The first-order valence-electron chi connectivity index (χ1n) is 4.39. The van der Waals surface area contributed by atoms with Gasteiger partial charge in [-0.3, -0.25) is 10.1 Å². The van der Waals surface area contributed by atoms with Crippen LogP contribution in [0.15, 0.2) is 17.8 Å². The molecule has 1 amide bonds. The lowest BCUT2D eigenvalue weighted by molar-refractivity contribution is -0.389. The molecule has 2 rings (SSSR count). The minimum absolute atomic E-state index is 0.118. The van der Waals surface area contributed by atoms with E-state index in [2.05, 4.69) is 20.6 Å². The SMILES string of the molecule is O=C(Cn1ccc([N+](=O)[O-])n1)Nc1nncs1. The average Bonchev–Trinajstić information content (AvgIpc) is 2.88. The van der Waals surface area contributed by atoms with Crippen LogP contribution in [0.2, 0.25) is 0 Å². The third-order valence-electron chi connectivity index (χ3n) is 1.73. The maximum atomic E-state index is 11.5. The lowest BCUT2D eigenvalue weighted by atomic mass is 10.6. The number of hydrogen-bond donors (Lipinski definition) is 1. The highest BCUT2D eigenvalue weighted by Gasteiger charge is 2.13. The maximum Gasteiger partial charge on any atom is 0.389 e. The van der Waals surface area contributed by atoms with Gasteiger partial charge in [0.2, 0.25) is 11.0 Å². The van der Waals surface area contributed by atoms with Gasteiger partial charge in [-0.15, -0.1) is 10.2 Å². The van der Waals surface area contributed by atoms with Gasteiger partial charge >= 0.3 is 5.82 Å². The zero-order chi connectivity index (χ0) is 12.3. The van der Waals surface area contributed by atoms with Gasteiger partial charge in [-0.2, -0.15) is 4.68 Å². The van der Waals surface area contributed by atoms with Crippen LogP contribution < -0.4 is 5.32 Å². The van der Waals surface area contributed by atoms with Crippen molar-refractivity contribution in [1.82, 2.24) is 20.0 Å². The van der Waals surface area contributed by atoms with Crippen LogP contribution in [0.5, 0.6) is 0 Å². The zero-order valence-electron chi connectivity index (χ0n) is 8.31. The van der Waals surface area contributed by atoms with E-state index in [9.17, 15) is 14.9 Å². The molecule has 0 saturated heterocycles. The Hall–Kier alpha value is -2.36. The average molecular weight is 254 g/mol. The number of anilines is 1. The summed E-state index contributed by atoms with van der Waals surface area (Å²) in [4.78, 5) is 21.2. The minimum atomic E-state index is -0.626. The highest BCUT2D eigenvalue weighted by atomic mass is 32.1. The van der Waals surface area contributed by atoms with Crippen molar-refractivity contribution in [3.05, 3.63) is 27.9 Å². The van der Waals surface area contributed by atoms with Gasteiger partial charge in [-0.1, -0.05) is 11.3 Å². The normalized spacial score (nSPS) is 10.1. The van der Waals surface area contributed by atoms with E-state index in [1.54, 1.807) is 0 Å². The smallest absolute Gasteiger partial charge is 0.358 e. The number of amides is 1. The molecule has 9 nitrogen and oxygen atoms in total. The molecule has 17 heavy (non-hydrogen) atoms. The van der Waals surface area contributed by atoms with Crippen LogP contribution in [0.25, 0.3) is 0 Å². The van der Waals surface area contributed by atoms with E-state index in [0.717, 1.165) is 0 Å². The van der Waals surface area contributed by atoms with Gasteiger partial charge in [-0.25, -0.2) is 0 Å². The standard InChI is InChI=1S/C7H6N6O3S/c14-6(9-7-10-8-4-17-7)3-12-2-1-5(11-12)13(15)16/h1-2,4H,3H2,(H,9,10,14). The summed E-state index contributed by atoms with van der Waals surface area (Å²) in [7, 11) is 0. The lowest BCUT2D eigenvalue weighted by Crippen LogP contribution is -2.19. The number of carbonyl (C=O) groups is 1. The van der Waals surface area contributed by atoms with Crippen LogP contribution in [0.1, 0.15) is 0 Å². The van der Waals surface area contributed by atoms with E-state index in [4.69, 9.17) is 0 Å². The van der Waals surface area contributed by atoms with Gasteiger partial charge < -0.3 is 10.1 Å². The number of rotatable bonds is 4. The van der Waals surface area contributed by atoms with Crippen molar-refractivity contribution in [2.75, 3.05) is 5.32 Å². The second kappa shape index (κ2) is 4.65. The fourth-order valence-corrected chi connectivity index (χ4v) is 1.53. The Bertz CT molecular complexity index is 536. The Labute approximate surface area is 98.2 Å². The van der Waals surface area contributed by atoms with E-state index in [0.29, 0.717) is 5.13 Å². The Morgan fingerprint density at radius 3 is 3.06 bits per heavy atom. The first-order valence-corrected chi connectivity index (χ1v) is 5.27. The van der Waals surface area contributed by atoms with Crippen LogP contribution in [0, 0.1) is 10.1 Å². The fraction of sp³-hybridized carbons (Fsp3) is 0.143. The van der Waals surface area contributed by atoms with Crippen molar-refractivity contribution in [2.24, 2.45) is 0 Å². The van der Waals surface area contributed by atoms with E-state index in [1.807, 2.05) is 0 Å². The molecule has 0 aliphatic rings. The number of aromatic nitrogens is 4. The Morgan fingerprint density at radius 2 is 2.47 bits per heavy atom. The highest BCUT2D eigenvalue weighted by molar-refractivity contribution is 7.13. The third-order valence-corrected chi connectivity index (χ3v) is 2.33. The zero-order valence-corrected chi connectivity index (χ0v) is 9.12. The van der Waals surface area contributed by atoms with E-state index >= 15 is 0 Å². The summed E-state index contributed by atoms with van der Waals surface area (Å²) in [6, 6.07) is 1.22. The molecule has 0 radical (unpaired) electrons. The second-order valence-electron chi connectivity index (χ2n) is 2.92. The summed E-state index contributed by atoms with van der Waals surface area (Å²) in [5.74, 6) is -0.673. The topological polar surface area (TPSA) is 116 Å². The second-order valence-corrected chi connectivity index (χ2v) is 3.75. The minimum Gasteiger partial charge on any atom is -0.358 e. The van der Waals surface area contributed by atoms with Crippen molar-refractivity contribution in [2.45, 2.75) is 6.54 Å². The number of hydrogen-bond acceptors (Lipinski definition) is 7. The molecule has 2 aromatic rings. The molecule has 0 fully saturated rings. The molecule has 0 aliphatic heterocycles. The number of carbonyl (C=O) groups excluding carboxylic acids is 1. The molecule has 0 aliphatic carbocycles. The summed E-state index contributed by atoms with van der Waals surface area (Å²) in [5, 5.41) is 24.0. The first kappa shape index (κ1) is 11.1. The summed E-state index contributed by atoms with van der Waals surface area (Å²) in [6.45, 7) is -0.118. The Balaban J connectivity index is 1.96. The van der Waals surface area contributed by atoms with Gasteiger partial charge in [-0.05, 0) is 4.92 Å². The molecular weight excluding hydrogens is 248 g/mol. The van der Waals surface area contributed by atoms with Gasteiger partial charge in [0.15, 0.2) is 0 Å². The summed E-state index contributed by atoms with van der Waals surface area (Å²) in [6.07, 6.45) is 1.36. The molecule has 0 saturated carbocycles. The van der Waals surface area contributed by atoms with Crippen molar-refractivity contribution in [3.63, 3.8) is 0 Å². The maximum absolute atomic E-state index is 11.5. The molecule has 0 spiro atoms. The van der Waals surface area contributed by atoms with E-state index in [1.165, 1.54) is 33.8 Å². The molecule has 0 unspecified atom stereocenters. The summed E-state index contributed by atoms with van der Waals surface area (Å²) < 4.78 is 1.18. The third kappa shape index (κ3) is 2.81. The molecule has 0 aromatic carbocycles. The molecule has 2 heterocycles. The fourth-order valence-electron chi connectivity index (χ4n) is 1.07. The molecule has 1 N–H and O–H groups in total. The molecule has 2 aromatic heterocycles. The van der Waals surface area contributed by atoms with Crippen LogP contribution >= 0.6 is 11.3 Å². The van der Waals surface area contributed by atoms with Crippen molar-refractivity contribution >= 4 is 28.2 Å². The molecule has 0 bridgehead atoms. The predicted octanol–water partition coefficient (Wildman–Crippen LogP) is 0.281. The number of nitrogens with zero attached hydrogens (tertiary/aromatic N) is 5. The quantitative estimate of drug-likeness (QED) is 0.618. The van der Waals surface area contributed by atoms with Crippen molar-refractivity contribution in [1.29, 1.82) is 0 Å². The summed E-state index contributed by atoms with van der Waals surface area (Å²) >= 11 is 1.18. The lowest BCUT2D eigenvalue weighted by Gasteiger charge is -1.97. The van der Waals surface area contributed by atoms with Crippen LogP contribution in [0.3, 0.4) is 0 Å². The monoisotopic (exact) mass is 254 g/mol. The Kier molecular flexibility index (Phi) is 3.05. The Morgan fingerprint density at radius 1 is 1.65 bits per heavy atom. The van der Waals surface area contributed by atoms with Gasteiger partial charge in [0.05, 0.1) is 17.4 Å². The first-order chi connectivity index (χ1) is 8.15. The summed E-state index contributed by atoms with van der Waals surface area (Å²) in [5.41, 5.74) is 1.48. The van der Waals surface area contributed by atoms with Crippen LogP contribution in [-0.4, -0.2) is 30.8 Å². The van der Waals surface area contributed by atoms with Crippen LogP contribution in [-0.2, 0) is 11.3 Å². The van der Waals surface area contributed by atoms with Gasteiger partial charge in [0.1, 0.15) is 12.1 Å².